The van der Waals surface area contributed by atoms with E-state index in [9.17, 15) is 13.0 Å². The zero-order chi connectivity index (χ0) is 10.5. The molecule has 0 saturated carbocycles. The van der Waals surface area contributed by atoms with Crippen LogP contribution >= 0.6 is 0 Å². The highest BCUT2D eigenvalue weighted by Gasteiger charge is 2.07. The molecule has 0 fully saturated rings. The van der Waals surface area contributed by atoms with Crippen molar-refractivity contribution in [3.05, 3.63) is 0 Å². The van der Waals surface area contributed by atoms with Crippen molar-refractivity contribution in [2.45, 2.75) is 20.3 Å². The van der Waals surface area contributed by atoms with Gasteiger partial charge in [-0.25, -0.2) is 8.42 Å². The summed E-state index contributed by atoms with van der Waals surface area (Å²) in [5.74, 6) is -0.195. The van der Waals surface area contributed by atoms with Crippen LogP contribution in [0, 0.1) is 5.92 Å². The summed E-state index contributed by atoms with van der Waals surface area (Å²) in [5, 5.41) is 8.72. The summed E-state index contributed by atoms with van der Waals surface area (Å²) in [4.78, 5) is 1.21. The SMILES string of the molecule is CC(C)CCN(CO)CS(=O)(=O)[O-]. The Bertz CT molecular complexity index is 225. The summed E-state index contributed by atoms with van der Waals surface area (Å²) in [5.41, 5.74) is 0. The van der Waals surface area contributed by atoms with Gasteiger partial charge < -0.3 is 9.66 Å². The van der Waals surface area contributed by atoms with Gasteiger partial charge >= 0.3 is 0 Å². The molecule has 1 N–H and O–H groups in total. The molecule has 0 aromatic carbocycles. The fourth-order valence-corrected chi connectivity index (χ4v) is 1.50. The Morgan fingerprint density at radius 1 is 1.46 bits per heavy atom. The van der Waals surface area contributed by atoms with Crippen molar-refractivity contribution in [2.24, 2.45) is 5.92 Å². The Hall–Kier alpha value is -0.170. The molecule has 0 heterocycles. The zero-order valence-corrected chi connectivity index (χ0v) is 8.75. The van der Waals surface area contributed by atoms with E-state index in [-0.39, 0.29) is 0 Å². The van der Waals surface area contributed by atoms with Crippen molar-refractivity contribution in [1.82, 2.24) is 4.90 Å². The maximum Gasteiger partial charge on any atom is 0.108 e. The molecule has 0 aliphatic carbocycles. The van der Waals surface area contributed by atoms with Crippen molar-refractivity contribution in [3.8, 4) is 0 Å². The van der Waals surface area contributed by atoms with Gasteiger partial charge in [0.2, 0.25) is 0 Å². The van der Waals surface area contributed by atoms with Crippen molar-refractivity contribution >= 4 is 10.1 Å². The van der Waals surface area contributed by atoms with Crippen LogP contribution in [0.4, 0.5) is 0 Å². The van der Waals surface area contributed by atoms with Crippen molar-refractivity contribution < 1.29 is 18.1 Å². The summed E-state index contributed by atoms with van der Waals surface area (Å²) in [6.07, 6.45) is 0.760. The van der Waals surface area contributed by atoms with Crippen LogP contribution in [0.5, 0.6) is 0 Å². The molecule has 0 aromatic heterocycles. The van der Waals surface area contributed by atoms with E-state index >= 15 is 0 Å². The van der Waals surface area contributed by atoms with Crippen LogP contribution in [0.2, 0.25) is 0 Å². The van der Waals surface area contributed by atoms with Gasteiger partial charge in [-0.05, 0) is 12.3 Å². The van der Waals surface area contributed by atoms with Crippen molar-refractivity contribution in [1.29, 1.82) is 0 Å². The maximum absolute atomic E-state index is 10.3. The van der Waals surface area contributed by atoms with Gasteiger partial charge in [0.25, 0.3) is 0 Å². The molecular weight excluding hydrogens is 194 g/mol. The van der Waals surface area contributed by atoms with Crippen LogP contribution < -0.4 is 0 Å². The van der Waals surface area contributed by atoms with E-state index < -0.39 is 22.7 Å². The van der Waals surface area contributed by atoms with Crippen LogP contribution in [0.1, 0.15) is 20.3 Å². The summed E-state index contributed by atoms with van der Waals surface area (Å²) >= 11 is 0. The predicted octanol–water partition coefficient (Wildman–Crippen LogP) is -0.213. The first-order chi connectivity index (χ1) is 5.85. The summed E-state index contributed by atoms with van der Waals surface area (Å²) in [6, 6.07) is 0. The summed E-state index contributed by atoms with van der Waals surface area (Å²) in [7, 11) is -4.27. The first-order valence-electron chi connectivity index (χ1n) is 4.12. The molecule has 0 atom stereocenters. The highest BCUT2D eigenvalue weighted by Crippen LogP contribution is 2.02. The third kappa shape index (κ3) is 8.17. The van der Waals surface area contributed by atoms with Gasteiger partial charge in [0.05, 0.1) is 12.6 Å². The molecule has 6 heteroatoms. The molecule has 0 aliphatic heterocycles. The maximum atomic E-state index is 10.3. The minimum absolute atomic E-state index is 0.395. The van der Waals surface area contributed by atoms with Gasteiger partial charge in [-0.3, -0.25) is 4.90 Å². The van der Waals surface area contributed by atoms with Gasteiger partial charge in [0, 0.05) is 6.54 Å². The Morgan fingerprint density at radius 2 is 2.00 bits per heavy atom. The quantitative estimate of drug-likeness (QED) is 0.484. The van der Waals surface area contributed by atoms with Crippen LogP contribution in [0.3, 0.4) is 0 Å². The van der Waals surface area contributed by atoms with Gasteiger partial charge in [-0.15, -0.1) is 0 Å². The first kappa shape index (κ1) is 12.8. The van der Waals surface area contributed by atoms with Crippen molar-refractivity contribution in [2.75, 3.05) is 19.2 Å². The molecule has 0 unspecified atom stereocenters. The molecule has 13 heavy (non-hydrogen) atoms. The largest absolute Gasteiger partial charge is 0.747 e. The van der Waals surface area contributed by atoms with Gasteiger partial charge in [0.15, 0.2) is 0 Å². The predicted molar refractivity (Wildman–Crippen MR) is 47.8 cm³/mol. The van der Waals surface area contributed by atoms with Crippen LogP contribution in [0.25, 0.3) is 0 Å². The first-order valence-corrected chi connectivity index (χ1v) is 5.69. The van der Waals surface area contributed by atoms with Crippen LogP contribution in [-0.4, -0.2) is 42.1 Å². The average molecular weight is 210 g/mol. The van der Waals surface area contributed by atoms with Gasteiger partial charge in [-0.2, -0.15) is 0 Å². The number of hydrogen-bond acceptors (Lipinski definition) is 5. The van der Waals surface area contributed by atoms with E-state index in [1.54, 1.807) is 0 Å². The number of hydrogen-bond donors (Lipinski definition) is 1. The lowest BCUT2D eigenvalue weighted by Gasteiger charge is -2.21. The molecule has 0 spiro atoms. The second kappa shape index (κ2) is 5.54. The third-order valence-electron chi connectivity index (χ3n) is 1.56. The van der Waals surface area contributed by atoms with E-state index in [1.165, 1.54) is 4.90 Å². The lowest BCUT2D eigenvalue weighted by molar-refractivity contribution is 0.117. The third-order valence-corrected chi connectivity index (χ3v) is 2.24. The molecule has 0 saturated heterocycles. The Morgan fingerprint density at radius 3 is 2.31 bits per heavy atom. The Labute approximate surface area is 79.1 Å². The summed E-state index contributed by atoms with van der Waals surface area (Å²) in [6.45, 7) is 4.01. The highest BCUT2D eigenvalue weighted by atomic mass is 32.2. The molecule has 0 bridgehead atoms. The Balaban J connectivity index is 3.91. The fourth-order valence-electron chi connectivity index (χ4n) is 0.840. The minimum atomic E-state index is -4.27. The van der Waals surface area contributed by atoms with E-state index in [2.05, 4.69) is 0 Å². The molecule has 0 amide bonds. The second-order valence-corrected chi connectivity index (χ2v) is 4.78. The standard InChI is InChI=1S/C7H17NO4S/c1-7(2)3-4-8(5-9)6-13(10,11)12/h7,9H,3-6H2,1-2H3,(H,10,11,12)/p-1. The highest BCUT2D eigenvalue weighted by molar-refractivity contribution is 7.85. The van der Waals surface area contributed by atoms with Crippen LogP contribution in [0.15, 0.2) is 0 Å². The van der Waals surface area contributed by atoms with Gasteiger partial charge in [0.1, 0.15) is 10.1 Å². The van der Waals surface area contributed by atoms with Crippen molar-refractivity contribution in [3.63, 3.8) is 0 Å². The number of aliphatic hydroxyl groups is 1. The monoisotopic (exact) mass is 210 g/mol. The average Bonchev–Trinajstić information content (AvgIpc) is 1.95. The van der Waals surface area contributed by atoms with E-state index in [0.717, 1.165) is 6.42 Å². The topological polar surface area (TPSA) is 80.7 Å². The fraction of sp³-hybridized carbons (Fsp3) is 1.00. The van der Waals surface area contributed by atoms with Crippen LogP contribution in [-0.2, 0) is 10.1 Å². The molecule has 5 nitrogen and oxygen atoms in total. The smallest absolute Gasteiger partial charge is 0.108 e. The van der Waals surface area contributed by atoms with Gasteiger partial charge in [-0.1, -0.05) is 13.8 Å². The number of rotatable bonds is 6. The molecule has 0 rings (SSSR count). The lowest BCUT2D eigenvalue weighted by atomic mass is 10.1. The van der Waals surface area contributed by atoms with E-state index in [1.807, 2.05) is 13.8 Å². The summed E-state index contributed by atoms with van der Waals surface area (Å²) < 4.78 is 31.0. The van der Waals surface area contributed by atoms with E-state index in [4.69, 9.17) is 5.11 Å². The second-order valence-electron chi connectivity index (χ2n) is 3.41. The molecule has 0 radical (unpaired) electrons. The Kier molecular flexibility index (Phi) is 5.46. The van der Waals surface area contributed by atoms with E-state index in [0.29, 0.717) is 12.5 Å². The number of aliphatic hydroxyl groups excluding tert-OH is 1. The molecular formula is C7H16NO4S-. The lowest BCUT2D eigenvalue weighted by Crippen LogP contribution is -2.32. The molecule has 0 aliphatic rings. The molecule has 0 aromatic rings. The zero-order valence-electron chi connectivity index (χ0n) is 7.93. The minimum Gasteiger partial charge on any atom is -0.747 e. The molecule has 80 valence electrons. The number of nitrogens with zero attached hydrogens (tertiary/aromatic N) is 1. The normalized spacial score (nSPS) is 12.8.